The van der Waals surface area contributed by atoms with Gasteiger partial charge >= 0.3 is 0 Å². The Balaban J connectivity index is 1.79. The Bertz CT molecular complexity index is 549. The van der Waals surface area contributed by atoms with E-state index in [1.165, 1.54) is 5.56 Å². The number of nitrogens with zero attached hydrogens (tertiary/aromatic N) is 3. The van der Waals surface area contributed by atoms with E-state index in [1.54, 1.807) is 6.07 Å². The number of anilines is 3. The summed E-state index contributed by atoms with van der Waals surface area (Å²) in [5, 5.41) is 0. The molecule has 2 aromatic rings. The van der Waals surface area contributed by atoms with Crippen LogP contribution in [-0.2, 0) is 0 Å². The third-order valence-corrected chi connectivity index (χ3v) is 3.53. The summed E-state index contributed by atoms with van der Waals surface area (Å²) in [6.07, 6.45) is 1.12. The van der Waals surface area contributed by atoms with Crippen molar-refractivity contribution in [3.8, 4) is 0 Å². The van der Waals surface area contributed by atoms with E-state index in [2.05, 4.69) is 39.1 Å². The zero-order valence-electron chi connectivity index (χ0n) is 10.7. The number of aromatic nitrogens is 2. The van der Waals surface area contributed by atoms with Crippen LogP contribution in [0.25, 0.3) is 0 Å². The summed E-state index contributed by atoms with van der Waals surface area (Å²) in [5.41, 5.74) is 12.7. The van der Waals surface area contributed by atoms with E-state index in [1.807, 2.05) is 6.07 Å². The first kappa shape index (κ1) is 11.8. The molecule has 98 valence electrons. The first-order valence-electron chi connectivity index (χ1n) is 6.42. The molecule has 1 fully saturated rings. The zero-order valence-corrected chi connectivity index (χ0v) is 10.7. The average Bonchev–Trinajstić information content (AvgIpc) is 2.88. The minimum atomic E-state index is 0.234. The second-order valence-corrected chi connectivity index (χ2v) is 4.85. The molecule has 1 aromatic heterocycles. The molecule has 1 aromatic carbocycles. The van der Waals surface area contributed by atoms with E-state index < -0.39 is 0 Å². The van der Waals surface area contributed by atoms with Crippen molar-refractivity contribution in [1.29, 1.82) is 0 Å². The number of rotatable bonds is 2. The predicted octanol–water partition coefficient (Wildman–Crippen LogP) is 1.63. The lowest BCUT2D eigenvalue weighted by Gasteiger charge is -2.18. The van der Waals surface area contributed by atoms with E-state index in [0.717, 1.165) is 25.3 Å². The van der Waals surface area contributed by atoms with E-state index in [-0.39, 0.29) is 5.95 Å². The highest BCUT2D eigenvalue weighted by Crippen LogP contribution is 2.30. The lowest BCUT2D eigenvalue weighted by molar-refractivity contribution is 0.774. The van der Waals surface area contributed by atoms with Crippen LogP contribution in [-0.4, -0.2) is 23.1 Å². The largest absolute Gasteiger partial charge is 0.383 e. The highest BCUT2D eigenvalue weighted by molar-refractivity contribution is 5.51. The van der Waals surface area contributed by atoms with Crippen molar-refractivity contribution in [2.75, 3.05) is 29.5 Å². The lowest BCUT2D eigenvalue weighted by Crippen LogP contribution is -2.21. The molecule has 0 spiro atoms. The van der Waals surface area contributed by atoms with Crippen LogP contribution in [0.5, 0.6) is 0 Å². The van der Waals surface area contributed by atoms with Gasteiger partial charge in [-0.25, -0.2) is 0 Å². The zero-order chi connectivity index (χ0) is 13.2. The van der Waals surface area contributed by atoms with Gasteiger partial charge in [-0.3, -0.25) is 0 Å². The summed E-state index contributed by atoms with van der Waals surface area (Å²) in [5.74, 6) is 2.02. The molecule has 0 saturated carbocycles. The van der Waals surface area contributed by atoms with Crippen LogP contribution in [0.1, 0.15) is 17.9 Å². The van der Waals surface area contributed by atoms with Crippen molar-refractivity contribution >= 4 is 17.6 Å². The summed E-state index contributed by atoms with van der Waals surface area (Å²) < 4.78 is 0. The van der Waals surface area contributed by atoms with Crippen molar-refractivity contribution < 1.29 is 0 Å². The highest BCUT2D eigenvalue weighted by Gasteiger charge is 2.25. The van der Waals surface area contributed by atoms with Crippen LogP contribution in [0, 0.1) is 0 Å². The topological polar surface area (TPSA) is 81.1 Å². The third kappa shape index (κ3) is 2.45. The van der Waals surface area contributed by atoms with Crippen molar-refractivity contribution in [2.45, 2.75) is 12.3 Å². The number of nitrogen functional groups attached to an aromatic ring is 2. The van der Waals surface area contributed by atoms with E-state index >= 15 is 0 Å². The molecule has 1 aliphatic heterocycles. The highest BCUT2D eigenvalue weighted by atomic mass is 15.2. The minimum absolute atomic E-state index is 0.234. The molecule has 2 heterocycles. The quantitative estimate of drug-likeness (QED) is 0.852. The fourth-order valence-corrected chi connectivity index (χ4v) is 2.60. The maximum absolute atomic E-state index is 5.72. The van der Waals surface area contributed by atoms with Crippen LogP contribution in [0.15, 0.2) is 36.4 Å². The molecule has 0 amide bonds. The molecule has 1 atom stereocenters. The summed E-state index contributed by atoms with van der Waals surface area (Å²) in [6, 6.07) is 12.3. The Morgan fingerprint density at radius 1 is 1.11 bits per heavy atom. The van der Waals surface area contributed by atoms with Crippen molar-refractivity contribution in [3.05, 3.63) is 42.0 Å². The fraction of sp³-hybridized carbons (Fsp3) is 0.286. The van der Waals surface area contributed by atoms with Gasteiger partial charge in [-0.2, -0.15) is 9.97 Å². The monoisotopic (exact) mass is 255 g/mol. The Labute approximate surface area is 112 Å². The van der Waals surface area contributed by atoms with Crippen molar-refractivity contribution in [2.24, 2.45) is 0 Å². The normalized spacial score (nSPS) is 18.7. The van der Waals surface area contributed by atoms with Gasteiger partial charge in [0.25, 0.3) is 0 Å². The van der Waals surface area contributed by atoms with E-state index in [9.17, 15) is 0 Å². The SMILES string of the molecule is Nc1cc(N2CCC(c3ccccc3)C2)nc(N)n1. The van der Waals surface area contributed by atoms with Crippen LogP contribution < -0.4 is 16.4 Å². The minimum Gasteiger partial charge on any atom is -0.383 e. The van der Waals surface area contributed by atoms with Crippen LogP contribution in [0.2, 0.25) is 0 Å². The summed E-state index contributed by atoms with van der Waals surface area (Å²) >= 11 is 0. The van der Waals surface area contributed by atoms with Crippen LogP contribution >= 0.6 is 0 Å². The summed E-state index contributed by atoms with van der Waals surface area (Å²) in [4.78, 5) is 10.4. The van der Waals surface area contributed by atoms with Gasteiger partial charge in [-0.15, -0.1) is 0 Å². The molecule has 1 aliphatic rings. The third-order valence-electron chi connectivity index (χ3n) is 3.53. The summed E-state index contributed by atoms with van der Waals surface area (Å²) in [7, 11) is 0. The maximum Gasteiger partial charge on any atom is 0.223 e. The Morgan fingerprint density at radius 2 is 1.89 bits per heavy atom. The summed E-state index contributed by atoms with van der Waals surface area (Å²) in [6.45, 7) is 1.91. The molecular formula is C14H17N5. The average molecular weight is 255 g/mol. The van der Waals surface area contributed by atoms with Crippen LogP contribution in [0.4, 0.5) is 17.6 Å². The Hall–Kier alpha value is -2.30. The first-order valence-corrected chi connectivity index (χ1v) is 6.42. The van der Waals surface area contributed by atoms with Gasteiger partial charge in [0.2, 0.25) is 5.95 Å². The van der Waals surface area contributed by atoms with E-state index in [0.29, 0.717) is 11.7 Å². The fourth-order valence-electron chi connectivity index (χ4n) is 2.60. The molecule has 0 aliphatic carbocycles. The van der Waals surface area contributed by atoms with Gasteiger partial charge in [0.05, 0.1) is 0 Å². The van der Waals surface area contributed by atoms with E-state index in [4.69, 9.17) is 11.5 Å². The molecule has 5 heteroatoms. The number of hydrogen-bond acceptors (Lipinski definition) is 5. The van der Waals surface area contributed by atoms with Gasteiger partial charge in [0.15, 0.2) is 0 Å². The number of benzene rings is 1. The number of hydrogen-bond donors (Lipinski definition) is 2. The molecule has 0 radical (unpaired) electrons. The number of nitrogens with two attached hydrogens (primary N) is 2. The Kier molecular flexibility index (Phi) is 2.95. The van der Waals surface area contributed by atoms with Gasteiger partial charge in [0.1, 0.15) is 11.6 Å². The first-order chi connectivity index (χ1) is 9.22. The van der Waals surface area contributed by atoms with Gasteiger partial charge < -0.3 is 16.4 Å². The molecule has 19 heavy (non-hydrogen) atoms. The van der Waals surface area contributed by atoms with Gasteiger partial charge in [-0.1, -0.05) is 30.3 Å². The second kappa shape index (κ2) is 4.76. The second-order valence-electron chi connectivity index (χ2n) is 4.85. The lowest BCUT2D eigenvalue weighted by atomic mass is 9.99. The van der Waals surface area contributed by atoms with Gasteiger partial charge in [0, 0.05) is 25.1 Å². The van der Waals surface area contributed by atoms with Crippen LogP contribution in [0.3, 0.4) is 0 Å². The molecule has 1 saturated heterocycles. The molecule has 4 N–H and O–H groups in total. The van der Waals surface area contributed by atoms with Gasteiger partial charge in [-0.05, 0) is 12.0 Å². The molecule has 0 bridgehead atoms. The molecule has 5 nitrogen and oxygen atoms in total. The Morgan fingerprint density at radius 3 is 2.63 bits per heavy atom. The molecular weight excluding hydrogens is 238 g/mol. The smallest absolute Gasteiger partial charge is 0.223 e. The predicted molar refractivity (Wildman–Crippen MR) is 76.9 cm³/mol. The van der Waals surface area contributed by atoms with Crippen molar-refractivity contribution in [1.82, 2.24) is 9.97 Å². The molecule has 1 unspecified atom stereocenters. The standard InChI is InChI=1S/C14H17N5/c15-12-8-13(18-14(16)17-12)19-7-6-11(9-19)10-4-2-1-3-5-10/h1-5,8,11H,6-7,9H2,(H4,15,16,17,18). The maximum atomic E-state index is 5.72. The molecule has 3 rings (SSSR count). The van der Waals surface area contributed by atoms with Crippen molar-refractivity contribution in [3.63, 3.8) is 0 Å².